The Morgan fingerprint density at radius 3 is 0.766 bits per heavy atom. The summed E-state index contributed by atoms with van der Waals surface area (Å²) in [7, 11) is 0. The van der Waals surface area contributed by atoms with Crippen LogP contribution in [0.2, 0.25) is 0 Å². The van der Waals surface area contributed by atoms with Crippen LogP contribution >= 0.6 is 0 Å². The van der Waals surface area contributed by atoms with Crippen LogP contribution in [0.25, 0.3) is 44.5 Å². The third kappa shape index (κ3) is 17.3. The van der Waals surface area contributed by atoms with Gasteiger partial charge in [-0.1, -0.05) is 340 Å². The molecule has 0 aromatic heterocycles. The van der Waals surface area contributed by atoms with Crippen molar-refractivity contribution in [3.63, 3.8) is 0 Å². The van der Waals surface area contributed by atoms with Crippen LogP contribution in [0.15, 0.2) is 158 Å². The standard InChI is InChI=1S/C94H122/c1-9-15-21-29-37-73-45-49-79(50-46-73)81-53-57-87-88-58-54-82(80-51-47-74(48-52-80)38-30-22-16-10-2)70-92(88)94(91(87)69-81,84-67-77(41-33-25-19-13-5)64-78(68-84)42-34-26-20-14-6)60-36-28-27-35-59-93(89-61-71(7)43-55-85(89)86-56-44-72(8)62-90(86)93)83-65-75(39-31-23-17-11-3)63-76(66-83)40-32-24-18-12-4/h43-58,61-70H,9-42,59-60H2,1-8H3. The first-order chi connectivity index (χ1) is 46.1. The Kier molecular flexibility index (Phi) is 26.8. The molecule has 0 saturated carbocycles. The van der Waals surface area contributed by atoms with E-state index in [1.807, 2.05) is 0 Å². The number of rotatable bonds is 41. The van der Waals surface area contributed by atoms with Gasteiger partial charge in [0.2, 0.25) is 0 Å². The van der Waals surface area contributed by atoms with Crippen molar-refractivity contribution in [3.05, 3.63) is 236 Å². The number of unbranched alkanes of at least 4 members (excludes halogenated alkanes) is 21. The summed E-state index contributed by atoms with van der Waals surface area (Å²) >= 11 is 0. The van der Waals surface area contributed by atoms with Gasteiger partial charge >= 0.3 is 0 Å². The average Bonchev–Trinajstić information content (AvgIpc) is 1.53. The molecule has 10 rings (SSSR count). The molecular weight excluding hydrogens is 1130 g/mol. The minimum absolute atomic E-state index is 0.205. The predicted molar refractivity (Wildman–Crippen MR) is 412 cm³/mol. The summed E-state index contributed by atoms with van der Waals surface area (Å²) in [5.41, 5.74) is 31.7. The van der Waals surface area contributed by atoms with E-state index >= 15 is 0 Å². The maximum Gasteiger partial charge on any atom is 0.0464 e. The first-order valence-electron chi connectivity index (χ1n) is 39.1. The molecule has 2 aliphatic rings. The quantitative estimate of drug-likeness (QED) is 0.0335. The Labute approximate surface area is 574 Å². The van der Waals surface area contributed by atoms with Crippen LogP contribution < -0.4 is 0 Å². The van der Waals surface area contributed by atoms with Gasteiger partial charge < -0.3 is 0 Å². The van der Waals surface area contributed by atoms with Crippen molar-refractivity contribution in [1.82, 2.24) is 0 Å². The topological polar surface area (TPSA) is 0 Å². The van der Waals surface area contributed by atoms with Gasteiger partial charge in [0, 0.05) is 10.8 Å². The molecule has 94 heavy (non-hydrogen) atoms. The fraction of sp³-hybridized carbons (Fsp3) is 0.489. The fourth-order valence-electron chi connectivity index (χ4n) is 16.8. The van der Waals surface area contributed by atoms with E-state index < -0.39 is 0 Å². The molecule has 0 unspecified atom stereocenters. The highest BCUT2D eigenvalue weighted by Gasteiger charge is 2.47. The van der Waals surface area contributed by atoms with Gasteiger partial charge in [0.05, 0.1) is 0 Å². The minimum atomic E-state index is -0.322. The summed E-state index contributed by atoms with van der Waals surface area (Å²) in [5, 5.41) is 0. The Balaban J connectivity index is 1.06. The van der Waals surface area contributed by atoms with Crippen LogP contribution in [0.5, 0.6) is 0 Å². The van der Waals surface area contributed by atoms with Gasteiger partial charge in [-0.3, -0.25) is 0 Å². The lowest BCUT2D eigenvalue weighted by molar-refractivity contribution is 0.479. The van der Waals surface area contributed by atoms with Crippen LogP contribution in [0.1, 0.15) is 312 Å². The Bertz CT molecular complexity index is 3400. The van der Waals surface area contributed by atoms with E-state index in [0.717, 1.165) is 44.9 Å². The van der Waals surface area contributed by atoms with Crippen LogP contribution in [0.3, 0.4) is 0 Å². The van der Waals surface area contributed by atoms with Crippen LogP contribution in [0.4, 0.5) is 0 Å². The zero-order valence-corrected chi connectivity index (χ0v) is 60.5. The van der Waals surface area contributed by atoms with Crippen LogP contribution in [-0.2, 0) is 49.4 Å². The van der Waals surface area contributed by atoms with Crippen molar-refractivity contribution in [1.29, 1.82) is 0 Å². The average molecular weight is 1250 g/mol. The largest absolute Gasteiger partial charge is 0.0654 e. The molecule has 0 fully saturated rings. The number of hydrogen-bond acceptors (Lipinski definition) is 0. The number of benzene rings is 8. The number of hydrogen-bond donors (Lipinski definition) is 0. The first-order valence-corrected chi connectivity index (χ1v) is 39.1. The Hall–Kier alpha value is -6.24. The lowest BCUT2D eigenvalue weighted by Crippen LogP contribution is -2.28. The van der Waals surface area contributed by atoms with Crippen molar-refractivity contribution in [2.24, 2.45) is 0 Å². The zero-order valence-electron chi connectivity index (χ0n) is 60.5. The summed E-state index contributed by atoms with van der Waals surface area (Å²) in [4.78, 5) is 0. The molecule has 8 aromatic rings. The van der Waals surface area contributed by atoms with Crippen molar-refractivity contribution < 1.29 is 0 Å². The molecule has 0 spiro atoms. The molecule has 0 saturated heterocycles. The molecule has 0 radical (unpaired) electrons. The molecule has 0 atom stereocenters. The summed E-state index contributed by atoms with van der Waals surface area (Å²) in [6.45, 7) is 18.7. The van der Waals surface area contributed by atoms with E-state index in [2.05, 4.69) is 213 Å². The monoisotopic (exact) mass is 1250 g/mol. The molecular formula is C94H122. The molecule has 0 amide bonds. The molecule has 8 aromatic carbocycles. The second-order valence-corrected chi connectivity index (χ2v) is 29.7. The number of fused-ring (bicyclic) bond motifs is 6. The zero-order chi connectivity index (χ0) is 65.5. The third-order valence-electron chi connectivity index (χ3n) is 22.2. The summed E-state index contributed by atoms with van der Waals surface area (Å²) in [6, 6.07) is 65.9. The maximum atomic E-state index is 2.74. The van der Waals surface area contributed by atoms with Gasteiger partial charge in [-0.2, -0.15) is 0 Å². The minimum Gasteiger partial charge on any atom is -0.0654 e. The SMILES string of the molecule is CCCCCCc1ccc(-c2ccc3c(c2)C(CCCCCCC2(c4cc(CCCCCC)cc(CCCCCC)c4)c4cc(C)ccc4-c4ccc(C)cc42)(c2cc(CCCCCC)cc(CCCCCC)c2)c2cc(-c4ccc(CCCCCC)cc4)ccc2-3)cc1. The van der Waals surface area contributed by atoms with Crippen molar-refractivity contribution in [3.8, 4) is 44.5 Å². The van der Waals surface area contributed by atoms with Gasteiger partial charge in [-0.25, -0.2) is 0 Å². The third-order valence-corrected chi connectivity index (χ3v) is 22.2. The highest BCUT2D eigenvalue weighted by Crippen LogP contribution is 2.59. The number of aryl methyl sites for hydroxylation is 8. The first kappa shape index (κ1) is 70.6. The van der Waals surface area contributed by atoms with Gasteiger partial charge in [-0.15, -0.1) is 0 Å². The van der Waals surface area contributed by atoms with Gasteiger partial charge in [0.15, 0.2) is 0 Å². The van der Waals surface area contributed by atoms with E-state index in [1.165, 1.54) is 270 Å². The van der Waals surface area contributed by atoms with E-state index in [4.69, 9.17) is 0 Å². The summed E-state index contributed by atoms with van der Waals surface area (Å²) in [6.07, 6.45) is 44.9. The van der Waals surface area contributed by atoms with E-state index in [-0.39, 0.29) is 10.8 Å². The van der Waals surface area contributed by atoms with Crippen molar-refractivity contribution >= 4 is 0 Å². The van der Waals surface area contributed by atoms with Gasteiger partial charge in [0.25, 0.3) is 0 Å². The van der Waals surface area contributed by atoms with Gasteiger partial charge in [-0.05, 0) is 227 Å². The van der Waals surface area contributed by atoms with Crippen molar-refractivity contribution in [2.75, 3.05) is 0 Å². The van der Waals surface area contributed by atoms with E-state index in [0.29, 0.717) is 0 Å². The Morgan fingerprint density at radius 2 is 0.468 bits per heavy atom. The Morgan fingerprint density at radius 1 is 0.213 bits per heavy atom. The molecule has 0 N–H and O–H groups in total. The lowest BCUT2D eigenvalue weighted by atomic mass is 9.67. The van der Waals surface area contributed by atoms with E-state index in [1.54, 1.807) is 38.9 Å². The lowest BCUT2D eigenvalue weighted by Gasteiger charge is -2.35. The molecule has 0 nitrogen and oxygen atoms in total. The molecule has 498 valence electrons. The molecule has 0 aliphatic heterocycles. The maximum absolute atomic E-state index is 2.74. The second kappa shape index (κ2) is 35.7. The molecule has 0 heteroatoms. The fourth-order valence-corrected chi connectivity index (χ4v) is 16.8. The highest BCUT2D eigenvalue weighted by atomic mass is 14.5. The van der Waals surface area contributed by atoms with Crippen molar-refractivity contribution in [2.45, 2.75) is 297 Å². The predicted octanol–water partition coefficient (Wildman–Crippen LogP) is 28.0. The highest BCUT2D eigenvalue weighted by molar-refractivity contribution is 5.88. The van der Waals surface area contributed by atoms with Gasteiger partial charge in [0.1, 0.15) is 0 Å². The van der Waals surface area contributed by atoms with Crippen LogP contribution in [-0.4, -0.2) is 0 Å². The van der Waals surface area contributed by atoms with Crippen LogP contribution in [0, 0.1) is 13.8 Å². The van der Waals surface area contributed by atoms with E-state index in [9.17, 15) is 0 Å². The summed E-state index contributed by atoms with van der Waals surface area (Å²) in [5.74, 6) is 0. The molecule has 0 heterocycles. The normalized spacial score (nSPS) is 13.3. The summed E-state index contributed by atoms with van der Waals surface area (Å²) < 4.78 is 0. The molecule has 2 aliphatic carbocycles. The molecule has 0 bridgehead atoms. The smallest absolute Gasteiger partial charge is 0.0464 e. The second-order valence-electron chi connectivity index (χ2n) is 29.7.